The van der Waals surface area contributed by atoms with Crippen LogP contribution in [0.25, 0.3) is 10.9 Å². The summed E-state index contributed by atoms with van der Waals surface area (Å²) in [5, 5.41) is 7.72. The number of benzene rings is 2. The van der Waals surface area contributed by atoms with Crippen LogP contribution in [-0.4, -0.2) is 41.1 Å². The third kappa shape index (κ3) is 4.07. The molecule has 1 N–H and O–H groups in total. The monoisotopic (exact) mass is 416 g/mol. The van der Waals surface area contributed by atoms with Gasteiger partial charge in [0.1, 0.15) is 5.82 Å². The van der Waals surface area contributed by atoms with Gasteiger partial charge in [-0.3, -0.25) is 0 Å². The molecule has 0 radical (unpaired) electrons. The fourth-order valence-electron chi connectivity index (χ4n) is 3.80. The molecule has 0 amide bonds. The van der Waals surface area contributed by atoms with Gasteiger partial charge in [0.2, 0.25) is 5.95 Å². The van der Waals surface area contributed by atoms with Crippen molar-refractivity contribution >= 4 is 39.1 Å². The number of hydrogen-bond acceptors (Lipinski definition) is 7. The summed E-state index contributed by atoms with van der Waals surface area (Å²) in [6.07, 6.45) is 2.93. The van der Waals surface area contributed by atoms with Crippen molar-refractivity contribution in [3.63, 3.8) is 0 Å². The Labute approximate surface area is 180 Å². The second-order valence-electron chi connectivity index (χ2n) is 7.37. The van der Waals surface area contributed by atoms with Crippen LogP contribution in [-0.2, 0) is 6.54 Å². The van der Waals surface area contributed by atoms with Gasteiger partial charge < -0.3 is 15.1 Å². The number of para-hydroxylation sites is 1. The van der Waals surface area contributed by atoms with Crippen LogP contribution in [0, 0.1) is 0 Å². The van der Waals surface area contributed by atoms with E-state index in [1.165, 1.54) is 5.56 Å². The average molecular weight is 417 g/mol. The molecule has 0 aliphatic carbocycles. The first-order chi connectivity index (χ1) is 14.9. The number of nitrogens with zero attached hydrogens (tertiary/aromatic N) is 5. The summed E-state index contributed by atoms with van der Waals surface area (Å²) in [5.74, 6) is 1.69. The van der Waals surface area contributed by atoms with Crippen LogP contribution in [0.1, 0.15) is 12.0 Å². The summed E-state index contributed by atoms with van der Waals surface area (Å²) >= 11 is 1.70. The minimum Gasteiger partial charge on any atom is -0.365 e. The first kappa shape index (κ1) is 18.8. The van der Waals surface area contributed by atoms with E-state index < -0.39 is 0 Å². The maximum atomic E-state index is 4.94. The first-order valence-corrected chi connectivity index (χ1v) is 11.2. The number of nitrogens with one attached hydrogen (secondary N) is 1. The van der Waals surface area contributed by atoms with Crippen molar-refractivity contribution in [3.8, 4) is 0 Å². The molecule has 7 heteroatoms. The van der Waals surface area contributed by atoms with E-state index in [0.29, 0.717) is 0 Å². The molecule has 1 saturated heterocycles. The fraction of sp³-hybridized carbons (Fsp3) is 0.261. The second kappa shape index (κ2) is 8.67. The first-order valence-electron chi connectivity index (χ1n) is 10.3. The lowest BCUT2D eigenvalue weighted by Crippen LogP contribution is -2.31. The van der Waals surface area contributed by atoms with Crippen molar-refractivity contribution in [1.82, 2.24) is 15.0 Å². The number of fused-ring (bicyclic) bond motifs is 1. The zero-order chi connectivity index (χ0) is 20.2. The van der Waals surface area contributed by atoms with Crippen molar-refractivity contribution in [3.05, 3.63) is 71.7 Å². The lowest BCUT2D eigenvalue weighted by atomic mass is 10.2. The Kier molecular flexibility index (Phi) is 5.44. The molecule has 2 aromatic heterocycles. The molecule has 152 valence electrons. The Hall–Kier alpha value is -3.19. The van der Waals surface area contributed by atoms with Crippen molar-refractivity contribution in [2.45, 2.75) is 13.0 Å². The number of hydrogen-bond donors (Lipinski definition) is 1. The van der Waals surface area contributed by atoms with E-state index in [9.17, 15) is 0 Å². The molecule has 5 rings (SSSR count). The molecule has 2 aromatic carbocycles. The van der Waals surface area contributed by atoms with Gasteiger partial charge in [0, 0.05) is 49.7 Å². The van der Waals surface area contributed by atoms with Crippen LogP contribution in [0.2, 0.25) is 0 Å². The van der Waals surface area contributed by atoms with Crippen LogP contribution in [0.3, 0.4) is 0 Å². The van der Waals surface area contributed by atoms with Gasteiger partial charge in [0.05, 0.1) is 5.52 Å². The van der Waals surface area contributed by atoms with Crippen LogP contribution >= 0.6 is 11.3 Å². The molecule has 6 nitrogen and oxygen atoms in total. The quantitative estimate of drug-likeness (QED) is 0.520. The van der Waals surface area contributed by atoms with E-state index in [-0.39, 0.29) is 0 Å². The van der Waals surface area contributed by atoms with Gasteiger partial charge in [-0.2, -0.15) is 4.98 Å². The summed E-state index contributed by atoms with van der Waals surface area (Å²) in [6, 6.07) is 18.6. The Morgan fingerprint density at radius 1 is 0.867 bits per heavy atom. The van der Waals surface area contributed by atoms with Gasteiger partial charge in [0.15, 0.2) is 5.13 Å². The van der Waals surface area contributed by atoms with Crippen molar-refractivity contribution in [1.29, 1.82) is 0 Å². The Balaban J connectivity index is 1.40. The Morgan fingerprint density at radius 3 is 2.53 bits per heavy atom. The largest absolute Gasteiger partial charge is 0.365 e. The second-order valence-corrected chi connectivity index (χ2v) is 8.24. The number of rotatable bonds is 5. The summed E-state index contributed by atoms with van der Waals surface area (Å²) in [5.41, 5.74) is 2.20. The molecular formula is C23H24N6S. The number of aromatic nitrogens is 3. The molecule has 0 unspecified atom stereocenters. The highest BCUT2D eigenvalue weighted by Crippen LogP contribution is 2.25. The molecule has 1 fully saturated rings. The third-order valence-corrected chi connectivity index (χ3v) is 6.19. The molecule has 0 saturated carbocycles. The summed E-state index contributed by atoms with van der Waals surface area (Å²) in [4.78, 5) is 19.0. The van der Waals surface area contributed by atoms with E-state index in [4.69, 9.17) is 9.97 Å². The fourth-order valence-corrected chi connectivity index (χ4v) is 4.50. The van der Waals surface area contributed by atoms with Gasteiger partial charge in [-0.1, -0.05) is 42.5 Å². The Morgan fingerprint density at radius 2 is 1.67 bits per heavy atom. The molecule has 0 atom stereocenters. The van der Waals surface area contributed by atoms with Crippen molar-refractivity contribution < 1.29 is 0 Å². The molecule has 1 aliphatic heterocycles. The molecule has 30 heavy (non-hydrogen) atoms. The zero-order valence-corrected chi connectivity index (χ0v) is 17.6. The normalized spacial score (nSPS) is 14.7. The number of thiazole rings is 1. The lowest BCUT2D eigenvalue weighted by Gasteiger charge is -2.22. The highest BCUT2D eigenvalue weighted by atomic mass is 32.1. The van der Waals surface area contributed by atoms with Crippen LogP contribution < -0.4 is 15.1 Å². The standard InChI is InChI=1S/C23H24N6S/c1-2-7-18(8-3-1)17-25-21-19-9-4-5-10-20(19)26-22(27-21)28-12-6-13-29(15-14-28)23-24-11-16-30-23/h1-5,7-11,16H,6,12-15,17H2,(H,25,26,27). The number of anilines is 3. The molecule has 1 aliphatic rings. The van der Waals surface area contributed by atoms with Crippen LogP contribution in [0.4, 0.5) is 16.9 Å². The highest BCUT2D eigenvalue weighted by molar-refractivity contribution is 7.13. The van der Waals surface area contributed by atoms with Gasteiger partial charge in [-0.25, -0.2) is 9.97 Å². The van der Waals surface area contributed by atoms with Crippen molar-refractivity contribution in [2.75, 3.05) is 41.3 Å². The molecule has 0 spiro atoms. The molecule has 3 heterocycles. The highest BCUT2D eigenvalue weighted by Gasteiger charge is 2.20. The van der Waals surface area contributed by atoms with E-state index in [2.05, 4.69) is 56.5 Å². The minimum absolute atomic E-state index is 0.735. The predicted molar refractivity (Wildman–Crippen MR) is 124 cm³/mol. The molecule has 4 aromatic rings. The summed E-state index contributed by atoms with van der Waals surface area (Å²) in [7, 11) is 0. The average Bonchev–Trinajstić information content (AvgIpc) is 3.22. The van der Waals surface area contributed by atoms with Gasteiger partial charge in [0.25, 0.3) is 0 Å². The maximum absolute atomic E-state index is 4.94. The topological polar surface area (TPSA) is 57.2 Å². The van der Waals surface area contributed by atoms with Crippen LogP contribution in [0.15, 0.2) is 66.2 Å². The smallest absolute Gasteiger partial charge is 0.227 e. The Bertz CT molecular complexity index is 1100. The predicted octanol–water partition coefficient (Wildman–Crippen LogP) is 4.42. The van der Waals surface area contributed by atoms with Gasteiger partial charge >= 0.3 is 0 Å². The zero-order valence-electron chi connectivity index (χ0n) is 16.7. The molecule has 0 bridgehead atoms. The van der Waals surface area contributed by atoms with E-state index in [0.717, 1.165) is 66.9 Å². The third-order valence-electron chi connectivity index (χ3n) is 5.36. The summed E-state index contributed by atoms with van der Waals surface area (Å²) in [6.45, 7) is 4.50. The minimum atomic E-state index is 0.735. The summed E-state index contributed by atoms with van der Waals surface area (Å²) < 4.78 is 0. The molecular weight excluding hydrogens is 392 g/mol. The maximum Gasteiger partial charge on any atom is 0.227 e. The lowest BCUT2D eigenvalue weighted by molar-refractivity contribution is 0.785. The van der Waals surface area contributed by atoms with E-state index >= 15 is 0 Å². The van der Waals surface area contributed by atoms with E-state index in [1.54, 1.807) is 11.3 Å². The van der Waals surface area contributed by atoms with Gasteiger partial charge in [-0.05, 0) is 24.1 Å². The van der Waals surface area contributed by atoms with Crippen LogP contribution in [0.5, 0.6) is 0 Å². The van der Waals surface area contributed by atoms with Gasteiger partial charge in [-0.15, -0.1) is 11.3 Å². The van der Waals surface area contributed by atoms with E-state index in [1.807, 2.05) is 29.8 Å². The SMILES string of the molecule is c1ccc(CNc2nc(N3CCCN(c4nccs4)CC3)nc3ccccc23)cc1. The van der Waals surface area contributed by atoms with Crippen molar-refractivity contribution in [2.24, 2.45) is 0 Å².